The van der Waals surface area contributed by atoms with Gasteiger partial charge in [0.15, 0.2) is 0 Å². The Bertz CT molecular complexity index is 633. The lowest BCUT2D eigenvalue weighted by atomic mass is 9.78. The van der Waals surface area contributed by atoms with Gasteiger partial charge in [0.1, 0.15) is 5.15 Å². The first-order valence-electron chi connectivity index (χ1n) is 6.46. The quantitative estimate of drug-likeness (QED) is 0.625. The minimum Gasteiger partial charge on any atom is -0.373 e. The number of hydrogen-bond acceptors (Lipinski definition) is 3. The van der Waals surface area contributed by atoms with Crippen LogP contribution in [0.4, 0.5) is 0 Å². The van der Waals surface area contributed by atoms with Gasteiger partial charge in [0.05, 0.1) is 11.3 Å². The van der Waals surface area contributed by atoms with E-state index in [2.05, 4.69) is 22.1 Å². The number of fused-ring (bicyclic) bond motifs is 1. The predicted octanol–water partition coefficient (Wildman–Crippen LogP) is 3.81. The smallest absolute Gasteiger partial charge is 0.224 e. The van der Waals surface area contributed by atoms with Gasteiger partial charge >= 0.3 is 0 Å². The highest BCUT2D eigenvalue weighted by Gasteiger charge is 2.38. The minimum absolute atomic E-state index is 0.207. The molecule has 1 heterocycles. The summed E-state index contributed by atoms with van der Waals surface area (Å²) in [5, 5.41) is 0.635. The number of aryl methyl sites for hydroxylation is 1. The number of nitrogens with zero attached hydrogens (tertiary/aromatic N) is 2. The van der Waals surface area contributed by atoms with Crippen molar-refractivity contribution in [2.45, 2.75) is 24.9 Å². The summed E-state index contributed by atoms with van der Waals surface area (Å²) in [7, 11) is 1.74. The van der Waals surface area contributed by atoms with Gasteiger partial charge < -0.3 is 4.74 Å². The highest BCUT2D eigenvalue weighted by molar-refractivity contribution is 6.32. The molecule has 5 heteroatoms. The number of hydrogen-bond donors (Lipinski definition) is 0. The van der Waals surface area contributed by atoms with Crippen molar-refractivity contribution < 1.29 is 4.74 Å². The molecule has 104 valence electrons. The molecule has 0 aliphatic heterocycles. The summed E-state index contributed by atoms with van der Waals surface area (Å²) < 4.78 is 5.86. The summed E-state index contributed by atoms with van der Waals surface area (Å²) >= 11 is 12.1. The summed E-state index contributed by atoms with van der Waals surface area (Å²) in [6.45, 7) is 0. The lowest BCUT2D eigenvalue weighted by Crippen LogP contribution is -2.36. The van der Waals surface area contributed by atoms with Gasteiger partial charge in [-0.25, -0.2) is 9.97 Å². The van der Waals surface area contributed by atoms with E-state index in [1.807, 2.05) is 18.2 Å². The molecule has 0 amide bonds. The predicted molar refractivity (Wildman–Crippen MR) is 79.2 cm³/mol. The Morgan fingerprint density at radius 1 is 1.15 bits per heavy atom. The fraction of sp³-hybridized carbons (Fsp3) is 0.333. The Balaban J connectivity index is 2.06. The summed E-state index contributed by atoms with van der Waals surface area (Å²) in [5.74, 6) is 0. The average molecular weight is 309 g/mol. The van der Waals surface area contributed by atoms with Gasteiger partial charge in [-0.15, -0.1) is 0 Å². The highest BCUT2D eigenvalue weighted by Crippen LogP contribution is 2.40. The zero-order chi connectivity index (χ0) is 14.2. The largest absolute Gasteiger partial charge is 0.373 e. The number of benzene rings is 1. The van der Waals surface area contributed by atoms with Crippen molar-refractivity contribution in [2.75, 3.05) is 7.11 Å². The standard InChI is InChI=1S/C15H14Cl2N2O/c1-20-15(10-5-3-2-4-6-10)8-7-12-11(9-15)13(16)19-14(17)18-12/h2-6H,7-9H2,1H3. The summed E-state index contributed by atoms with van der Waals surface area (Å²) in [5.41, 5.74) is 2.65. The van der Waals surface area contributed by atoms with Crippen molar-refractivity contribution in [3.05, 3.63) is 57.6 Å². The van der Waals surface area contributed by atoms with Crippen LogP contribution in [0.3, 0.4) is 0 Å². The molecule has 3 nitrogen and oxygen atoms in total. The lowest BCUT2D eigenvalue weighted by Gasteiger charge is -2.37. The molecule has 1 atom stereocenters. The van der Waals surface area contributed by atoms with E-state index in [4.69, 9.17) is 27.9 Å². The van der Waals surface area contributed by atoms with Crippen molar-refractivity contribution in [1.82, 2.24) is 9.97 Å². The molecule has 0 spiro atoms. The Morgan fingerprint density at radius 2 is 1.90 bits per heavy atom. The molecule has 0 fully saturated rings. The van der Waals surface area contributed by atoms with Crippen LogP contribution < -0.4 is 0 Å². The molecule has 2 aromatic rings. The van der Waals surface area contributed by atoms with Crippen molar-refractivity contribution in [3.8, 4) is 0 Å². The summed E-state index contributed by atoms with van der Waals surface area (Å²) in [6.07, 6.45) is 2.29. The number of aromatic nitrogens is 2. The first kappa shape index (κ1) is 13.8. The topological polar surface area (TPSA) is 35.0 Å². The van der Waals surface area contributed by atoms with Gasteiger partial charge in [-0.1, -0.05) is 41.9 Å². The van der Waals surface area contributed by atoms with Crippen LogP contribution in [0.25, 0.3) is 0 Å². The second-order valence-corrected chi connectivity index (χ2v) is 5.65. The molecule has 20 heavy (non-hydrogen) atoms. The summed E-state index contributed by atoms with van der Waals surface area (Å²) in [4.78, 5) is 8.33. The van der Waals surface area contributed by atoms with Gasteiger partial charge in [0, 0.05) is 19.1 Å². The Kier molecular flexibility index (Phi) is 3.67. The molecule has 1 aromatic heterocycles. The van der Waals surface area contributed by atoms with E-state index < -0.39 is 0 Å². The third kappa shape index (κ3) is 2.30. The molecule has 0 saturated heterocycles. The maximum Gasteiger partial charge on any atom is 0.224 e. The van der Waals surface area contributed by atoms with E-state index in [-0.39, 0.29) is 10.9 Å². The Morgan fingerprint density at radius 3 is 2.60 bits per heavy atom. The molecule has 1 aliphatic rings. The molecular weight excluding hydrogens is 295 g/mol. The maximum absolute atomic E-state index is 6.23. The van der Waals surface area contributed by atoms with Crippen LogP contribution in [0.15, 0.2) is 30.3 Å². The average Bonchev–Trinajstić information content (AvgIpc) is 2.48. The summed E-state index contributed by atoms with van der Waals surface area (Å²) in [6, 6.07) is 10.2. The van der Waals surface area contributed by atoms with E-state index >= 15 is 0 Å². The maximum atomic E-state index is 6.23. The zero-order valence-corrected chi connectivity index (χ0v) is 12.6. The third-order valence-electron chi connectivity index (χ3n) is 3.93. The Hall–Kier alpha value is -1.16. The molecular formula is C15H14Cl2N2O. The highest BCUT2D eigenvalue weighted by atomic mass is 35.5. The third-order valence-corrected chi connectivity index (χ3v) is 4.42. The minimum atomic E-state index is -0.366. The second-order valence-electron chi connectivity index (χ2n) is 4.95. The Labute approximate surface area is 127 Å². The number of ether oxygens (including phenoxy) is 1. The molecule has 0 bridgehead atoms. The van der Waals surface area contributed by atoms with Gasteiger partial charge in [0.2, 0.25) is 5.28 Å². The number of halogens is 2. The lowest BCUT2D eigenvalue weighted by molar-refractivity contribution is -0.0270. The number of rotatable bonds is 2. The first-order valence-corrected chi connectivity index (χ1v) is 7.22. The molecule has 0 saturated carbocycles. The SMILES string of the molecule is COC1(c2ccccc2)CCc2nc(Cl)nc(Cl)c2C1. The molecule has 3 rings (SSSR count). The zero-order valence-electron chi connectivity index (χ0n) is 11.1. The second kappa shape index (κ2) is 5.32. The fourth-order valence-corrected chi connectivity index (χ4v) is 3.31. The van der Waals surface area contributed by atoms with Gasteiger partial charge in [-0.2, -0.15) is 0 Å². The van der Waals surface area contributed by atoms with Crippen molar-refractivity contribution in [3.63, 3.8) is 0 Å². The van der Waals surface area contributed by atoms with Crippen LogP contribution in [0.5, 0.6) is 0 Å². The molecule has 1 aromatic carbocycles. The van der Waals surface area contributed by atoms with Crippen LogP contribution in [0, 0.1) is 0 Å². The van der Waals surface area contributed by atoms with Crippen molar-refractivity contribution >= 4 is 23.2 Å². The molecule has 1 aliphatic carbocycles. The van der Waals surface area contributed by atoms with Crippen LogP contribution >= 0.6 is 23.2 Å². The van der Waals surface area contributed by atoms with Crippen molar-refractivity contribution in [2.24, 2.45) is 0 Å². The molecule has 0 radical (unpaired) electrons. The van der Waals surface area contributed by atoms with E-state index in [9.17, 15) is 0 Å². The number of methoxy groups -OCH3 is 1. The van der Waals surface area contributed by atoms with Gasteiger partial charge in [0.25, 0.3) is 0 Å². The first-order chi connectivity index (χ1) is 9.64. The van der Waals surface area contributed by atoms with E-state index in [0.717, 1.165) is 29.7 Å². The van der Waals surface area contributed by atoms with Crippen LogP contribution in [0.2, 0.25) is 10.4 Å². The van der Waals surface area contributed by atoms with Crippen LogP contribution in [-0.4, -0.2) is 17.1 Å². The fourth-order valence-electron chi connectivity index (χ4n) is 2.83. The van der Waals surface area contributed by atoms with Gasteiger partial charge in [-0.05, 0) is 30.0 Å². The molecule has 1 unspecified atom stereocenters. The van der Waals surface area contributed by atoms with Crippen molar-refractivity contribution in [1.29, 1.82) is 0 Å². The van der Waals surface area contributed by atoms with E-state index in [1.165, 1.54) is 0 Å². The van der Waals surface area contributed by atoms with Crippen LogP contribution in [0.1, 0.15) is 23.2 Å². The normalized spacial score (nSPS) is 21.6. The molecule has 0 N–H and O–H groups in total. The van der Waals surface area contributed by atoms with E-state index in [1.54, 1.807) is 7.11 Å². The van der Waals surface area contributed by atoms with E-state index in [0.29, 0.717) is 11.6 Å². The van der Waals surface area contributed by atoms with Gasteiger partial charge in [-0.3, -0.25) is 0 Å². The monoisotopic (exact) mass is 308 g/mol. The van der Waals surface area contributed by atoms with Crippen LogP contribution in [-0.2, 0) is 23.2 Å².